The van der Waals surface area contributed by atoms with Gasteiger partial charge in [-0.2, -0.15) is 0 Å². The summed E-state index contributed by atoms with van der Waals surface area (Å²) < 4.78 is 5.43. The molecule has 1 aliphatic rings. The molecule has 0 amide bonds. The lowest BCUT2D eigenvalue weighted by molar-refractivity contribution is -0.144. The highest BCUT2D eigenvalue weighted by Gasteiger charge is 2.09. The number of hydrogen-bond acceptors (Lipinski definition) is 2. The molecule has 0 aromatic heterocycles. The zero-order valence-corrected chi connectivity index (χ0v) is 14.1. The van der Waals surface area contributed by atoms with E-state index in [9.17, 15) is 4.79 Å². The van der Waals surface area contributed by atoms with Gasteiger partial charge in [-0.05, 0) is 71.8 Å². The topological polar surface area (TPSA) is 26.3 Å². The maximum atomic E-state index is 11.2. The van der Waals surface area contributed by atoms with Crippen LogP contribution in [0.25, 0.3) is 0 Å². The predicted octanol–water partition coefficient (Wildman–Crippen LogP) is 5.50. The minimum Gasteiger partial charge on any atom is -0.458 e. The summed E-state index contributed by atoms with van der Waals surface area (Å²) in [6.45, 7) is 8.05. The third-order valence-corrected chi connectivity index (χ3v) is 3.91. The van der Waals surface area contributed by atoms with Crippen molar-refractivity contribution in [2.24, 2.45) is 0 Å². The Balaban J connectivity index is 2.77. The van der Waals surface area contributed by atoms with E-state index in [1.807, 2.05) is 0 Å². The third kappa shape index (κ3) is 8.54. The molecule has 1 rings (SSSR count). The number of carbonyl (C=O) groups is 1. The van der Waals surface area contributed by atoms with E-state index < -0.39 is 0 Å². The van der Waals surface area contributed by atoms with E-state index >= 15 is 0 Å². The fourth-order valence-corrected chi connectivity index (χ4v) is 2.67. The molecule has 0 saturated heterocycles. The lowest BCUT2D eigenvalue weighted by Crippen LogP contribution is -2.14. The molecule has 0 saturated carbocycles. The maximum absolute atomic E-state index is 11.2. The molecule has 0 bridgehead atoms. The fraction of sp³-hybridized carbons (Fsp3) is 0.632. The number of rotatable bonds is 1. The van der Waals surface area contributed by atoms with E-state index in [2.05, 4.69) is 39.0 Å². The van der Waals surface area contributed by atoms with E-state index in [1.54, 1.807) is 0 Å². The second-order valence-corrected chi connectivity index (χ2v) is 6.23. The average Bonchev–Trinajstić information content (AvgIpc) is 2.37. The summed E-state index contributed by atoms with van der Waals surface area (Å²) in [5.41, 5.74) is 4.23. The summed E-state index contributed by atoms with van der Waals surface area (Å²) in [6, 6.07) is 0. The Kier molecular flexibility index (Phi) is 8.11. The monoisotopic (exact) mass is 290 g/mol. The minimum absolute atomic E-state index is 0.0664. The van der Waals surface area contributed by atoms with Crippen molar-refractivity contribution in [3.63, 3.8) is 0 Å². The van der Waals surface area contributed by atoms with Gasteiger partial charge in [-0.1, -0.05) is 28.9 Å². The first-order valence-corrected chi connectivity index (χ1v) is 8.13. The Morgan fingerprint density at radius 3 is 2.19 bits per heavy atom. The second kappa shape index (κ2) is 9.59. The van der Waals surface area contributed by atoms with E-state index in [4.69, 9.17) is 4.74 Å². The molecule has 0 heterocycles. The van der Waals surface area contributed by atoms with Crippen LogP contribution in [0.2, 0.25) is 0 Å². The van der Waals surface area contributed by atoms with E-state index in [1.165, 1.54) is 23.6 Å². The molecule has 0 N–H and O–H groups in total. The predicted molar refractivity (Wildman–Crippen MR) is 89.1 cm³/mol. The molecule has 21 heavy (non-hydrogen) atoms. The van der Waals surface area contributed by atoms with Crippen molar-refractivity contribution in [2.45, 2.75) is 78.7 Å². The van der Waals surface area contributed by atoms with Gasteiger partial charge in [0.1, 0.15) is 6.10 Å². The molecule has 0 aromatic rings. The zero-order valence-electron chi connectivity index (χ0n) is 14.1. The Bertz CT molecular complexity index is 427. The van der Waals surface area contributed by atoms with Crippen LogP contribution in [0, 0.1) is 0 Å². The number of esters is 1. The quantitative estimate of drug-likeness (QED) is 0.470. The van der Waals surface area contributed by atoms with Crippen molar-refractivity contribution in [2.75, 3.05) is 0 Å². The van der Waals surface area contributed by atoms with Crippen LogP contribution in [-0.2, 0) is 9.53 Å². The van der Waals surface area contributed by atoms with Gasteiger partial charge in [0.05, 0.1) is 0 Å². The van der Waals surface area contributed by atoms with Crippen molar-refractivity contribution < 1.29 is 9.53 Å². The van der Waals surface area contributed by atoms with Crippen LogP contribution in [0.1, 0.15) is 72.6 Å². The van der Waals surface area contributed by atoms with Crippen LogP contribution in [0.5, 0.6) is 0 Å². The van der Waals surface area contributed by atoms with Crippen LogP contribution in [-0.4, -0.2) is 12.1 Å². The normalized spacial score (nSPS) is 29.9. The van der Waals surface area contributed by atoms with Crippen molar-refractivity contribution in [3.8, 4) is 0 Å². The van der Waals surface area contributed by atoms with Gasteiger partial charge in [0.25, 0.3) is 0 Å². The van der Waals surface area contributed by atoms with Gasteiger partial charge in [0.2, 0.25) is 0 Å². The first kappa shape index (κ1) is 17.7. The summed E-state index contributed by atoms with van der Waals surface area (Å²) in [5.74, 6) is -0.187. The summed E-state index contributed by atoms with van der Waals surface area (Å²) in [4.78, 5) is 11.2. The Labute approximate surface area is 130 Å². The summed E-state index contributed by atoms with van der Waals surface area (Å²) in [5, 5.41) is 0. The summed E-state index contributed by atoms with van der Waals surface area (Å²) in [6.07, 6.45) is 14.3. The van der Waals surface area contributed by atoms with E-state index in [0.29, 0.717) is 0 Å². The van der Waals surface area contributed by atoms with Crippen LogP contribution in [0.4, 0.5) is 0 Å². The highest BCUT2D eigenvalue weighted by Crippen LogP contribution is 2.18. The molecule has 1 aliphatic carbocycles. The van der Waals surface area contributed by atoms with Crippen molar-refractivity contribution in [3.05, 3.63) is 34.9 Å². The third-order valence-electron chi connectivity index (χ3n) is 3.91. The van der Waals surface area contributed by atoms with Gasteiger partial charge in [0.15, 0.2) is 0 Å². The summed E-state index contributed by atoms with van der Waals surface area (Å²) in [7, 11) is 0. The smallest absolute Gasteiger partial charge is 0.303 e. The van der Waals surface area contributed by atoms with Crippen molar-refractivity contribution in [1.82, 2.24) is 0 Å². The molecular weight excluding hydrogens is 260 g/mol. The Hall–Kier alpha value is -1.31. The molecule has 0 aromatic carbocycles. The van der Waals surface area contributed by atoms with Gasteiger partial charge in [-0.25, -0.2) is 0 Å². The molecule has 1 atom stereocenters. The minimum atomic E-state index is -0.187. The second-order valence-electron chi connectivity index (χ2n) is 6.23. The molecule has 0 spiro atoms. The Morgan fingerprint density at radius 1 is 1.00 bits per heavy atom. The maximum Gasteiger partial charge on any atom is 0.303 e. The van der Waals surface area contributed by atoms with Gasteiger partial charge < -0.3 is 4.74 Å². The van der Waals surface area contributed by atoms with Crippen LogP contribution in [0.3, 0.4) is 0 Å². The fourth-order valence-electron chi connectivity index (χ4n) is 2.67. The van der Waals surface area contributed by atoms with Gasteiger partial charge >= 0.3 is 5.97 Å². The molecule has 0 aliphatic heterocycles. The van der Waals surface area contributed by atoms with E-state index in [0.717, 1.165) is 44.9 Å². The number of hydrogen-bond donors (Lipinski definition) is 0. The zero-order chi connectivity index (χ0) is 15.7. The molecule has 0 radical (unpaired) electrons. The standard InChI is InChI=1S/C19H30O2/c1-15-8-5-9-16(2)11-7-13-19(21-18(4)20)14-17(3)12-6-10-15/h9-10,14,19H,5-8,11-13H2,1-4H3/b15-10-,16-9+,17-14-. The van der Waals surface area contributed by atoms with E-state index in [-0.39, 0.29) is 12.1 Å². The SMILES string of the molecule is CC(=O)OC1/C=C(/C)CC/C=C(/C)CC/C=C(\C)CCC1. The lowest BCUT2D eigenvalue weighted by Gasteiger charge is -2.15. The molecule has 1 unspecified atom stereocenters. The highest BCUT2D eigenvalue weighted by atomic mass is 16.5. The molecular formula is C19H30O2. The molecule has 118 valence electrons. The van der Waals surface area contributed by atoms with Gasteiger partial charge in [-0.3, -0.25) is 4.79 Å². The van der Waals surface area contributed by atoms with Gasteiger partial charge in [0, 0.05) is 6.92 Å². The molecule has 2 nitrogen and oxygen atoms in total. The number of ether oxygens (including phenoxy) is 1. The number of allylic oxidation sites excluding steroid dienone is 5. The first-order chi connectivity index (χ1) is 9.97. The van der Waals surface area contributed by atoms with Crippen LogP contribution >= 0.6 is 0 Å². The first-order valence-electron chi connectivity index (χ1n) is 8.13. The average molecular weight is 290 g/mol. The van der Waals surface area contributed by atoms with Crippen molar-refractivity contribution in [1.29, 1.82) is 0 Å². The van der Waals surface area contributed by atoms with Crippen molar-refractivity contribution >= 4 is 5.97 Å². The van der Waals surface area contributed by atoms with Crippen LogP contribution in [0.15, 0.2) is 34.9 Å². The lowest BCUT2D eigenvalue weighted by atomic mass is 10.0. The van der Waals surface area contributed by atoms with Crippen LogP contribution < -0.4 is 0 Å². The highest BCUT2D eigenvalue weighted by molar-refractivity contribution is 5.66. The molecule has 0 fully saturated rings. The molecule has 2 heteroatoms. The van der Waals surface area contributed by atoms with Gasteiger partial charge in [-0.15, -0.1) is 0 Å². The number of carbonyl (C=O) groups excluding carboxylic acids is 1. The summed E-state index contributed by atoms with van der Waals surface area (Å²) >= 11 is 0. The largest absolute Gasteiger partial charge is 0.458 e. The Morgan fingerprint density at radius 2 is 1.57 bits per heavy atom.